The molecule has 6 heteroatoms. The fourth-order valence-corrected chi connectivity index (χ4v) is 3.40. The molecule has 3 rings (SSSR count). The Balaban J connectivity index is 1.76. The highest BCUT2D eigenvalue weighted by Gasteiger charge is 2.50. The lowest BCUT2D eigenvalue weighted by molar-refractivity contribution is -0.0882. The number of aliphatic hydroxyl groups is 1. The van der Waals surface area contributed by atoms with E-state index in [1.807, 2.05) is 0 Å². The average molecular weight is 253 g/mol. The summed E-state index contributed by atoms with van der Waals surface area (Å²) in [6, 6.07) is 0.254. The number of aromatic nitrogens is 2. The Morgan fingerprint density at radius 3 is 3.22 bits per heavy atom. The van der Waals surface area contributed by atoms with Gasteiger partial charge >= 0.3 is 0 Å². The Hall–Kier alpha value is -0.980. The minimum atomic E-state index is -0.218. The van der Waals surface area contributed by atoms with Crippen molar-refractivity contribution in [3.8, 4) is 0 Å². The fourth-order valence-electron chi connectivity index (χ4n) is 3.40. The molecule has 0 unspecified atom stereocenters. The maximum absolute atomic E-state index is 9.88. The van der Waals surface area contributed by atoms with Crippen LogP contribution in [0.2, 0.25) is 0 Å². The lowest BCUT2D eigenvalue weighted by atomic mass is 9.79. The number of ether oxygens (including phenoxy) is 1. The van der Waals surface area contributed by atoms with E-state index in [9.17, 15) is 5.11 Å². The number of likely N-dealkylation sites (tertiary alicyclic amines) is 1. The molecule has 1 aromatic rings. The van der Waals surface area contributed by atoms with Crippen LogP contribution in [0.3, 0.4) is 0 Å². The summed E-state index contributed by atoms with van der Waals surface area (Å²) in [5, 5.41) is 13.7. The molecular weight excluding hydrogens is 234 g/mol. The van der Waals surface area contributed by atoms with Gasteiger partial charge in [-0.25, -0.2) is 0 Å². The Bertz CT molecular complexity index is 397. The molecule has 18 heavy (non-hydrogen) atoms. The van der Waals surface area contributed by atoms with Crippen LogP contribution in [0.25, 0.3) is 0 Å². The van der Waals surface area contributed by atoms with Crippen LogP contribution < -0.4 is 0 Å². The van der Waals surface area contributed by atoms with Gasteiger partial charge in [-0.15, -0.1) is 0 Å². The molecule has 1 aliphatic carbocycles. The summed E-state index contributed by atoms with van der Waals surface area (Å²) in [6.07, 6.45) is 4.68. The van der Waals surface area contributed by atoms with Gasteiger partial charge in [0.2, 0.25) is 6.39 Å². The minimum Gasteiger partial charge on any atom is -0.393 e. The SMILES string of the molecule is CO[C@@]12CC[C@H](O)C[C@@H]1N(Cc1ncon1)CC2. The normalized spacial score (nSPS) is 36.8. The first kappa shape index (κ1) is 12.1. The van der Waals surface area contributed by atoms with Crippen LogP contribution in [0.5, 0.6) is 0 Å². The molecule has 1 aromatic heterocycles. The van der Waals surface area contributed by atoms with Gasteiger partial charge < -0.3 is 14.4 Å². The molecule has 1 saturated carbocycles. The van der Waals surface area contributed by atoms with Crippen LogP contribution in [-0.4, -0.2) is 51.5 Å². The van der Waals surface area contributed by atoms with Crippen molar-refractivity contribution in [1.82, 2.24) is 15.0 Å². The van der Waals surface area contributed by atoms with Crippen LogP contribution in [0.4, 0.5) is 0 Å². The summed E-state index contributed by atoms with van der Waals surface area (Å²) in [6.45, 7) is 1.62. The van der Waals surface area contributed by atoms with Crippen molar-refractivity contribution in [3.05, 3.63) is 12.2 Å². The third kappa shape index (κ3) is 1.94. The van der Waals surface area contributed by atoms with Gasteiger partial charge in [0.15, 0.2) is 5.82 Å². The zero-order chi connectivity index (χ0) is 12.6. The van der Waals surface area contributed by atoms with Crippen LogP contribution in [0.1, 0.15) is 31.5 Å². The van der Waals surface area contributed by atoms with E-state index in [1.54, 1.807) is 7.11 Å². The fraction of sp³-hybridized carbons (Fsp3) is 0.833. The number of hydrogen-bond donors (Lipinski definition) is 1. The van der Waals surface area contributed by atoms with Gasteiger partial charge in [0.25, 0.3) is 0 Å². The molecule has 1 saturated heterocycles. The van der Waals surface area contributed by atoms with Gasteiger partial charge in [0.1, 0.15) is 0 Å². The first-order valence-corrected chi connectivity index (χ1v) is 6.46. The molecule has 0 amide bonds. The summed E-state index contributed by atoms with van der Waals surface area (Å²) in [5.41, 5.74) is -0.0943. The van der Waals surface area contributed by atoms with Crippen LogP contribution in [-0.2, 0) is 11.3 Å². The monoisotopic (exact) mass is 253 g/mol. The molecule has 1 N–H and O–H groups in total. The van der Waals surface area contributed by atoms with Crippen LogP contribution in [0.15, 0.2) is 10.9 Å². The van der Waals surface area contributed by atoms with E-state index in [-0.39, 0.29) is 17.7 Å². The molecule has 100 valence electrons. The second kappa shape index (κ2) is 4.60. The number of fused-ring (bicyclic) bond motifs is 1. The molecule has 0 aromatic carbocycles. The van der Waals surface area contributed by atoms with E-state index in [4.69, 9.17) is 9.26 Å². The van der Waals surface area contributed by atoms with Gasteiger partial charge in [0.05, 0.1) is 18.2 Å². The summed E-state index contributed by atoms with van der Waals surface area (Å²) < 4.78 is 10.5. The second-order valence-electron chi connectivity index (χ2n) is 5.28. The third-order valence-electron chi connectivity index (χ3n) is 4.42. The predicted molar refractivity (Wildman–Crippen MR) is 62.7 cm³/mol. The molecule has 0 radical (unpaired) electrons. The summed E-state index contributed by atoms with van der Waals surface area (Å²) in [5.74, 6) is 0.696. The topological polar surface area (TPSA) is 71.6 Å². The highest BCUT2D eigenvalue weighted by atomic mass is 16.5. The standard InChI is InChI=1S/C12H19N3O3/c1-17-12-3-2-9(16)6-10(12)15(5-4-12)7-11-13-8-18-14-11/h8-10,16H,2-7H2,1H3/t9-,10-,12+/m0/s1. The van der Waals surface area contributed by atoms with Crippen molar-refractivity contribution in [3.63, 3.8) is 0 Å². The summed E-state index contributed by atoms with van der Waals surface area (Å²) in [4.78, 5) is 6.36. The molecule has 0 bridgehead atoms. The molecular formula is C12H19N3O3. The van der Waals surface area contributed by atoms with E-state index in [2.05, 4.69) is 15.0 Å². The number of rotatable bonds is 3. The average Bonchev–Trinajstić information content (AvgIpc) is 3.00. The van der Waals surface area contributed by atoms with Crippen molar-refractivity contribution >= 4 is 0 Å². The highest BCUT2D eigenvalue weighted by Crippen LogP contribution is 2.42. The number of methoxy groups -OCH3 is 1. The lowest BCUT2D eigenvalue weighted by Crippen LogP contribution is -2.51. The van der Waals surface area contributed by atoms with E-state index in [0.717, 1.165) is 32.2 Å². The van der Waals surface area contributed by atoms with E-state index < -0.39 is 0 Å². The Morgan fingerprint density at radius 1 is 1.61 bits per heavy atom. The van der Waals surface area contributed by atoms with E-state index in [0.29, 0.717) is 12.4 Å². The zero-order valence-electron chi connectivity index (χ0n) is 10.6. The number of nitrogens with zero attached hydrogens (tertiary/aromatic N) is 3. The van der Waals surface area contributed by atoms with Crippen molar-refractivity contribution in [2.75, 3.05) is 13.7 Å². The molecule has 6 nitrogen and oxygen atoms in total. The quantitative estimate of drug-likeness (QED) is 0.849. The Kier molecular flexibility index (Phi) is 3.09. The van der Waals surface area contributed by atoms with Gasteiger partial charge in [0, 0.05) is 19.7 Å². The molecule has 2 aliphatic rings. The predicted octanol–water partition coefficient (Wildman–Crippen LogP) is 0.574. The molecule has 1 aliphatic heterocycles. The zero-order valence-corrected chi connectivity index (χ0v) is 10.6. The smallest absolute Gasteiger partial charge is 0.213 e. The summed E-state index contributed by atoms with van der Waals surface area (Å²) >= 11 is 0. The number of hydrogen-bond acceptors (Lipinski definition) is 6. The largest absolute Gasteiger partial charge is 0.393 e. The molecule has 2 heterocycles. The number of aliphatic hydroxyl groups excluding tert-OH is 1. The second-order valence-corrected chi connectivity index (χ2v) is 5.28. The maximum Gasteiger partial charge on any atom is 0.213 e. The first-order valence-electron chi connectivity index (χ1n) is 6.46. The van der Waals surface area contributed by atoms with Gasteiger partial charge in [-0.05, 0) is 25.7 Å². The third-order valence-corrected chi connectivity index (χ3v) is 4.42. The van der Waals surface area contributed by atoms with Crippen molar-refractivity contribution in [1.29, 1.82) is 0 Å². The molecule has 3 atom stereocenters. The van der Waals surface area contributed by atoms with Crippen LogP contribution >= 0.6 is 0 Å². The molecule has 0 spiro atoms. The highest BCUT2D eigenvalue weighted by molar-refractivity contribution is 5.05. The van der Waals surface area contributed by atoms with Crippen molar-refractivity contribution in [2.45, 2.75) is 50.0 Å². The maximum atomic E-state index is 9.88. The first-order chi connectivity index (χ1) is 8.73. The van der Waals surface area contributed by atoms with Crippen molar-refractivity contribution in [2.24, 2.45) is 0 Å². The Labute approximate surface area is 106 Å². The van der Waals surface area contributed by atoms with Gasteiger partial charge in [-0.1, -0.05) is 5.16 Å². The van der Waals surface area contributed by atoms with E-state index in [1.165, 1.54) is 6.39 Å². The summed E-state index contributed by atoms with van der Waals surface area (Å²) in [7, 11) is 1.78. The molecule has 2 fully saturated rings. The minimum absolute atomic E-state index is 0.0943. The van der Waals surface area contributed by atoms with Gasteiger partial charge in [-0.2, -0.15) is 4.98 Å². The Morgan fingerprint density at radius 2 is 2.50 bits per heavy atom. The van der Waals surface area contributed by atoms with Gasteiger partial charge in [-0.3, -0.25) is 4.90 Å². The van der Waals surface area contributed by atoms with E-state index >= 15 is 0 Å². The van der Waals surface area contributed by atoms with Crippen LogP contribution in [0, 0.1) is 0 Å². The van der Waals surface area contributed by atoms with Crippen molar-refractivity contribution < 1.29 is 14.4 Å². The lowest BCUT2D eigenvalue weighted by Gasteiger charge is -2.42.